The third-order valence-corrected chi connectivity index (χ3v) is 4.47. The van der Waals surface area contributed by atoms with Crippen LogP contribution in [-0.4, -0.2) is 59.9 Å². The van der Waals surface area contributed by atoms with E-state index in [-0.39, 0.29) is 0 Å². The van der Waals surface area contributed by atoms with Gasteiger partial charge in [-0.15, -0.1) is 0 Å². The lowest BCUT2D eigenvalue weighted by Gasteiger charge is -2.33. The number of aryl methyl sites for hydroxylation is 1. The number of piperidine rings is 1. The Hall–Kier alpha value is -1.56. The van der Waals surface area contributed by atoms with Crippen molar-refractivity contribution in [3.8, 4) is 0 Å². The van der Waals surface area contributed by atoms with Crippen LogP contribution in [0.1, 0.15) is 38.2 Å². The Morgan fingerprint density at radius 3 is 2.83 bits per heavy atom. The zero-order valence-electron chi connectivity index (χ0n) is 14.9. The summed E-state index contributed by atoms with van der Waals surface area (Å²) in [5.41, 5.74) is 1.19. The molecule has 23 heavy (non-hydrogen) atoms. The summed E-state index contributed by atoms with van der Waals surface area (Å²) in [5.74, 6) is 0.876. The first-order valence-corrected chi connectivity index (χ1v) is 8.86. The smallest absolute Gasteiger partial charge is 0.191 e. The Morgan fingerprint density at radius 1 is 1.30 bits per heavy atom. The number of hydrogen-bond donors (Lipinski definition) is 2. The molecule has 1 fully saturated rings. The number of likely N-dealkylation sites (tertiary alicyclic amines) is 1. The second kappa shape index (κ2) is 9.55. The maximum Gasteiger partial charge on any atom is 0.191 e. The zero-order valence-corrected chi connectivity index (χ0v) is 14.9. The van der Waals surface area contributed by atoms with Crippen molar-refractivity contribution in [2.45, 2.75) is 52.1 Å². The van der Waals surface area contributed by atoms with Crippen molar-refractivity contribution in [3.05, 3.63) is 18.0 Å². The molecule has 6 nitrogen and oxygen atoms in total. The van der Waals surface area contributed by atoms with Crippen LogP contribution in [0, 0.1) is 6.92 Å². The van der Waals surface area contributed by atoms with Gasteiger partial charge in [-0.2, -0.15) is 5.10 Å². The van der Waals surface area contributed by atoms with Crippen molar-refractivity contribution in [3.63, 3.8) is 0 Å². The zero-order chi connectivity index (χ0) is 16.5. The van der Waals surface area contributed by atoms with Crippen LogP contribution in [0.25, 0.3) is 0 Å². The van der Waals surface area contributed by atoms with Gasteiger partial charge in [0.25, 0.3) is 0 Å². The van der Waals surface area contributed by atoms with Gasteiger partial charge in [0.15, 0.2) is 5.96 Å². The Morgan fingerprint density at radius 2 is 2.13 bits per heavy atom. The highest BCUT2D eigenvalue weighted by molar-refractivity contribution is 5.79. The molecule has 1 aromatic rings. The number of aliphatic imine (C=N–C) groups is 1. The summed E-state index contributed by atoms with van der Waals surface area (Å²) >= 11 is 0. The normalized spacial score (nSPS) is 19.8. The third-order valence-electron chi connectivity index (χ3n) is 4.47. The van der Waals surface area contributed by atoms with Crippen LogP contribution in [0.15, 0.2) is 17.4 Å². The minimum atomic E-state index is 0.749. The predicted octanol–water partition coefficient (Wildman–Crippen LogP) is 1.62. The summed E-state index contributed by atoms with van der Waals surface area (Å²) in [5, 5.41) is 11.0. The first kappa shape index (κ1) is 17.8. The van der Waals surface area contributed by atoms with E-state index in [2.05, 4.69) is 45.7 Å². The number of hydrogen-bond acceptors (Lipinski definition) is 3. The van der Waals surface area contributed by atoms with Crippen LogP contribution in [0.5, 0.6) is 0 Å². The van der Waals surface area contributed by atoms with Gasteiger partial charge in [0.2, 0.25) is 0 Å². The highest BCUT2D eigenvalue weighted by atomic mass is 15.3. The number of aromatic nitrogens is 2. The van der Waals surface area contributed by atoms with Crippen molar-refractivity contribution < 1.29 is 0 Å². The highest BCUT2D eigenvalue weighted by Gasteiger charge is 2.16. The van der Waals surface area contributed by atoms with Crippen molar-refractivity contribution in [2.24, 2.45) is 4.99 Å². The lowest BCUT2D eigenvalue weighted by molar-refractivity contribution is 0.159. The molecule has 0 amide bonds. The molecular formula is C17H32N6. The monoisotopic (exact) mass is 320 g/mol. The highest BCUT2D eigenvalue weighted by Crippen LogP contribution is 2.15. The van der Waals surface area contributed by atoms with Gasteiger partial charge in [0.1, 0.15) is 0 Å². The molecule has 2 N–H and O–H groups in total. The van der Waals surface area contributed by atoms with Crippen molar-refractivity contribution in [1.29, 1.82) is 0 Å². The molecule has 6 heteroatoms. The Kier molecular flexibility index (Phi) is 7.39. The molecule has 1 aliphatic rings. The minimum Gasteiger partial charge on any atom is -0.356 e. The molecule has 1 aliphatic heterocycles. The molecule has 1 atom stereocenters. The first-order chi connectivity index (χ1) is 11.2. The van der Waals surface area contributed by atoms with Gasteiger partial charge in [0, 0.05) is 38.9 Å². The predicted molar refractivity (Wildman–Crippen MR) is 95.8 cm³/mol. The molecule has 130 valence electrons. The van der Waals surface area contributed by atoms with Crippen LogP contribution in [0.3, 0.4) is 0 Å². The van der Waals surface area contributed by atoms with E-state index in [9.17, 15) is 0 Å². The molecule has 1 aromatic heterocycles. The van der Waals surface area contributed by atoms with E-state index in [0.29, 0.717) is 0 Å². The first-order valence-electron chi connectivity index (χ1n) is 8.86. The summed E-state index contributed by atoms with van der Waals surface area (Å²) in [6, 6.07) is 0.749. The van der Waals surface area contributed by atoms with Gasteiger partial charge >= 0.3 is 0 Å². The topological polar surface area (TPSA) is 57.5 Å². The fourth-order valence-electron chi connectivity index (χ4n) is 3.08. The summed E-state index contributed by atoms with van der Waals surface area (Å²) < 4.78 is 1.95. The van der Waals surface area contributed by atoms with Crippen molar-refractivity contribution in [2.75, 3.05) is 33.2 Å². The van der Waals surface area contributed by atoms with Crippen LogP contribution < -0.4 is 10.6 Å². The summed E-state index contributed by atoms with van der Waals surface area (Å²) in [7, 11) is 1.82. The van der Waals surface area contributed by atoms with Crippen LogP contribution in [0.2, 0.25) is 0 Å². The van der Waals surface area contributed by atoms with Crippen molar-refractivity contribution in [1.82, 2.24) is 25.3 Å². The maximum absolute atomic E-state index is 4.28. The van der Waals surface area contributed by atoms with Gasteiger partial charge in [-0.1, -0.05) is 6.42 Å². The lowest BCUT2D eigenvalue weighted by atomic mass is 10.0. The molecule has 0 aliphatic carbocycles. The molecule has 0 saturated carbocycles. The Balaban J connectivity index is 1.57. The minimum absolute atomic E-state index is 0.749. The summed E-state index contributed by atoms with van der Waals surface area (Å²) in [6.45, 7) is 9.48. The van der Waals surface area contributed by atoms with E-state index in [1.807, 2.05) is 17.9 Å². The van der Waals surface area contributed by atoms with Crippen LogP contribution in [-0.2, 0) is 6.54 Å². The molecule has 1 unspecified atom stereocenters. The van der Waals surface area contributed by atoms with Crippen LogP contribution in [0.4, 0.5) is 0 Å². The molecule has 1 saturated heterocycles. The molecule has 2 rings (SSSR count). The van der Waals surface area contributed by atoms with E-state index >= 15 is 0 Å². The third kappa shape index (κ3) is 6.22. The largest absolute Gasteiger partial charge is 0.356 e. The molecule has 0 radical (unpaired) electrons. The van der Waals surface area contributed by atoms with E-state index in [4.69, 9.17) is 0 Å². The van der Waals surface area contributed by atoms with Gasteiger partial charge in [-0.3, -0.25) is 9.67 Å². The number of guanidine groups is 1. The lowest BCUT2D eigenvalue weighted by Crippen LogP contribution is -2.42. The molecule has 0 aromatic carbocycles. The number of nitrogens with zero attached hydrogens (tertiary/aromatic N) is 4. The molecule has 0 spiro atoms. The Labute approximate surface area is 140 Å². The van der Waals surface area contributed by atoms with Gasteiger partial charge in [-0.25, -0.2) is 0 Å². The van der Waals surface area contributed by atoms with Gasteiger partial charge in [0.05, 0.1) is 12.7 Å². The van der Waals surface area contributed by atoms with Gasteiger partial charge < -0.3 is 15.5 Å². The molecule has 0 bridgehead atoms. The van der Waals surface area contributed by atoms with E-state index < -0.39 is 0 Å². The van der Waals surface area contributed by atoms with E-state index in [1.165, 1.54) is 37.9 Å². The Bertz CT molecular complexity index is 481. The fourth-order valence-corrected chi connectivity index (χ4v) is 3.08. The quantitative estimate of drug-likeness (QED) is 0.455. The summed E-state index contributed by atoms with van der Waals surface area (Å²) in [6.07, 6.45) is 9.19. The average Bonchev–Trinajstić information content (AvgIpc) is 2.96. The molecule has 2 heterocycles. The van der Waals surface area contributed by atoms with Gasteiger partial charge in [-0.05, 0) is 45.2 Å². The van der Waals surface area contributed by atoms with Crippen molar-refractivity contribution >= 4 is 5.96 Å². The van der Waals surface area contributed by atoms with E-state index in [1.54, 1.807) is 0 Å². The number of nitrogens with one attached hydrogen (secondary N) is 2. The van der Waals surface area contributed by atoms with E-state index in [0.717, 1.165) is 38.1 Å². The fraction of sp³-hybridized carbons (Fsp3) is 0.765. The van der Waals surface area contributed by atoms with Crippen LogP contribution >= 0.6 is 0 Å². The standard InChI is InChI=1S/C17H32N6/c1-15-13-21-23(14-15)12-9-20-17(18-3)19-8-6-11-22-10-5-4-7-16(22)2/h13-14,16H,4-12H2,1-3H3,(H2,18,19,20). The SMILES string of the molecule is CN=C(NCCCN1CCCCC1C)NCCn1cc(C)cn1. The average molecular weight is 320 g/mol. The summed E-state index contributed by atoms with van der Waals surface area (Å²) in [4.78, 5) is 6.89. The molecular weight excluding hydrogens is 288 g/mol. The number of rotatable bonds is 7. The second-order valence-electron chi connectivity index (χ2n) is 6.44. The maximum atomic E-state index is 4.28. The second-order valence-corrected chi connectivity index (χ2v) is 6.44.